The Hall–Kier alpha value is -3.47. The van der Waals surface area contributed by atoms with Crippen LogP contribution >= 0.6 is 11.8 Å². The number of nitrogens with one attached hydrogen (secondary N) is 1. The monoisotopic (exact) mass is 454 g/mol. The molecule has 1 aromatic carbocycles. The third-order valence-electron chi connectivity index (χ3n) is 5.13. The van der Waals surface area contributed by atoms with Gasteiger partial charge >= 0.3 is 0 Å². The molecular weight excluding hydrogens is 432 g/mol. The summed E-state index contributed by atoms with van der Waals surface area (Å²) in [6, 6.07) is 8.01. The molecule has 11 heteroatoms. The number of amides is 1. The number of nitrogens with zero attached hydrogens (tertiary/aromatic N) is 5. The summed E-state index contributed by atoms with van der Waals surface area (Å²) in [5, 5.41) is 22.5. The van der Waals surface area contributed by atoms with E-state index in [1.165, 1.54) is 25.2 Å². The Labute approximate surface area is 188 Å². The summed E-state index contributed by atoms with van der Waals surface area (Å²) < 4.78 is 7.50. The fourth-order valence-electron chi connectivity index (χ4n) is 3.40. The molecule has 1 N–H and O–H groups in total. The number of nitro benzene ring substituents is 1. The minimum Gasteiger partial charge on any atom is -0.474 e. The highest BCUT2D eigenvalue weighted by Crippen LogP contribution is 2.34. The molecule has 166 valence electrons. The standard InChI is InChI=1S/C21H22N6O4S/c1-26-13-24-25-21(26)32-18-8-7-15(10-17(18)27(29)30)20(28)23-12-14-6-9-19(22-11-14)31-16-4-2-3-5-16/h6-11,13,16H,2-5,12H2,1H3,(H,23,28). The highest BCUT2D eigenvalue weighted by Gasteiger charge is 2.20. The Balaban J connectivity index is 1.39. The second kappa shape index (κ2) is 9.77. The van der Waals surface area contributed by atoms with Gasteiger partial charge in [-0.05, 0) is 55.1 Å². The van der Waals surface area contributed by atoms with Crippen LogP contribution in [-0.4, -0.2) is 36.7 Å². The van der Waals surface area contributed by atoms with Crippen molar-refractivity contribution in [2.75, 3.05) is 0 Å². The highest BCUT2D eigenvalue weighted by molar-refractivity contribution is 7.99. The summed E-state index contributed by atoms with van der Waals surface area (Å²) in [5.74, 6) is 0.174. The highest BCUT2D eigenvalue weighted by atomic mass is 32.2. The van der Waals surface area contributed by atoms with Crippen molar-refractivity contribution < 1.29 is 14.5 Å². The minimum absolute atomic E-state index is 0.166. The molecule has 0 radical (unpaired) electrons. The maximum Gasteiger partial charge on any atom is 0.284 e. The zero-order valence-electron chi connectivity index (χ0n) is 17.4. The Morgan fingerprint density at radius 1 is 1.31 bits per heavy atom. The van der Waals surface area contributed by atoms with Gasteiger partial charge in [-0.3, -0.25) is 14.9 Å². The van der Waals surface area contributed by atoms with Crippen molar-refractivity contribution in [3.63, 3.8) is 0 Å². The molecule has 0 bridgehead atoms. The molecule has 4 rings (SSSR count). The largest absolute Gasteiger partial charge is 0.474 e. The first-order valence-corrected chi connectivity index (χ1v) is 11.0. The van der Waals surface area contributed by atoms with Crippen molar-refractivity contribution in [1.29, 1.82) is 0 Å². The molecule has 0 saturated heterocycles. The smallest absolute Gasteiger partial charge is 0.284 e. The van der Waals surface area contributed by atoms with E-state index in [9.17, 15) is 14.9 Å². The van der Waals surface area contributed by atoms with Gasteiger partial charge < -0.3 is 14.6 Å². The van der Waals surface area contributed by atoms with Gasteiger partial charge in [-0.2, -0.15) is 0 Å². The van der Waals surface area contributed by atoms with E-state index < -0.39 is 10.8 Å². The number of carbonyl (C=O) groups excluding carboxylic acids is 1. The van der Waals surface area contributed by atoms with Crippen LogP contribution in [0.1, 0.15) is 41.6 Å². The normalized spacial score (nSPS) is 13.8. The molecule has 0 unspecified atom stereocenters. The average molecular weight is 455 g/mol. The third kappa shape index (κ3) is 5.22. The van der Waals surface area contributed by atoms with Crippen molar-refractivity contribution >= 4 is 23.4 Å². The summed E-state index contributed by atoms with van der Waals surface area (Å²) in [6.07, 6.45) is 7.90. The van der Waals surface area contributed by atoms with Crippen LogP contribution in [0.5, 0.6) is 5.88 Å². The number of hydrogen-bond donors (Lipinski definition) is 1. The number of pyridine rings is 1. The molecular formula is C21H22N6O4S. The molecule has 0 atom stereocenters. The fourth-order valence-corrected chi connectivity index (χ4v) is 4.25. The van der Waals surface area contributed by atoms with Gasteiger partial charge in [0.15, 0.2) is 5.16 Å². The van der Waals surface area contributed by atoms with Gasteiger partial charge in [-0.15, -0.1) is 10.2 Å². The van der Waals surface area contributed by atoms with Gasteiger partial charge in [0.2, 0.25) is 5.88 Å². The lowest BCUT2D eigenvalue weighted by Gasteiger charge is -2.12. The quantitative estimate of drug-likeness (QED) is 0.405. The average Bonchev–Trinajstić information content (AvgIpc) is 3.45. The van der Waals surface area contributed by atoms with Gasteiger partial charge in [-0.1, -0.05) is 6.07 Å². The van der Waals surface area contributed by atoms with Gasteiger partial charge in [0.1, 0.15) is 12.4 Å². The summed E-state index contributed by atoms with van der Waals surface area (Å²) in [5.41, 5.74) is 0.843. The molecule has 2 aromatic heterocycles. The van der Waals surface area contributed by atoms with Crippen molar-refractivity contribution in [3.05, 3.63) is 64.1 Å². The van der Waals surface area contributed by atoms with Gasteiger partial charge in [0.25, 0.3) is 11.6 Å². The predicted octanol–water partition coefficient (Wildman–Crippen LogP) is 3.52. The molecule has 1 aliphatic carbocycles. The number of hydrogen-bond acceptors (Lipinski definition) is 8. The molecule has 0 aliphatic heterocycles. The molecule has 32 heavy (non-hydrogen) atoms. The number of carbonyl (C=O) groups is 1. The Morgan fingerprint density at radius 2 is 2.12 bits per heavy atom. The van der Waals surface area contributed by atoms with Crippen LogP contribution in [0.15, 0.2) is 52.9 Å². The lowest BCUT2D eigenvalue weighted by molar-refractivity contribution is -0.387. The number of benzene rings is 1. The van der Waals surface area contributed by atoms with Gasteiger partial charge in [-0.25, -0.2) is 4.98 Å². The van der Waals surface area contributed by atoms with E-state index in [1.807, 2.05) is 6.07 Å². The van der Waals surface area contributed by atoms with Crippen LogP contribution in [0.2, 0.25) is 0 Å². The lowest BCUT2D eigenvalue weighted by Crippen LogP contribution is -2.23. The van der Waals surface area contributed by atoms with Crippen molar-refractivity contribution in [2.45, 2.75) is 48.4 Å². The molecule has 3 aromatic rings. The van der Waals surface area contributed by atoms with E-state index in [1.54, 1.807) is 36.0 Å². The van der Waals surface area contributed by atoms with E-state index in [-0.39, 0.29) is 23.9 Å². The molecule has 1 fully saturated rings. The van der Waals surface area contributed by atoms with E-state index in [4.69, 9.17) is 4.74 Å². The maximum atomic E-state index is 12.6. The topological polar surface area (TPSA) is 125 Å². The lowest BCUT2D eigenvalue weighted by atomic mass is 10.2. The first-order chi connectivity index (χ1) is 15.5. The maximum absolute atomic E-state index is 12.6. The molecule has 1 amide bonds. The molecule has 1 saturated carbocycles. The first-order valence-electron chi connectivity index (χ1n) is 10.2. The number of nitro groups is 1. The van der Waals surface area contributed by atoms with Crippen LogP contribution in [0.3, 0.4) is 0 Å². The Kier molecular flexibility index (Phi) is 6.64. The SMILES string of the molecule is Cn1cnnc1Sc1ccc(C(=O)NCc2ccc(OC3CCCC3)nc2)cc1[N+](=O)[O-]. The predicted molar refractivity (Wildman–Crippen MR) is 117 cm³/mol. The van der Waals surface area contributed by atoms with E-state index in [2.05, 4.69) is 20.5 Å². The van der Waals surface area contributed by atoms with Crippen molar-refractivity contribution in [3.8, 4) is 5.88 Å². The van der Waals surface area contributed by atoms with E-state index in [0.29, 0.717) is 15.9 Å². The second-order valence-corrected chi connectivity index (χ2v) is 8.49. The first kappa shape index (κ1) is 21.8. The Morgan fingerprint density at radius 3 is 2.78 bits per heavy atom. The van der Waals surface area contributed by atoms with E-state index in [0.717, 1.165) is 30.2 Å². The number of rotatable bonds is 8. The van der Waals surface area contributed by atoms with Crippen LogP contribution in [0, 0.1) is 10.1 Å². The molecule has 10 nitrogen and oxygen atoms in total. The minimum atomic E-state index is -0.511. The summed E-state index contributed by atoms with van der Waals surface area (Å²) in [7, 11) is 1.75. The Bertz CT molecular complexity index is 1110. The second-order valence-electron chi connectivity index (χ2n) is 7.48. The number of aromatic nitrogens is 4. The molecule has 0 spiro atoms. The summed E-state index contributed by atoms with van der Waals surface area (Å²) in [4.78, 5) is 28.3. The fraction of sp³-hybridized carbons (Fsp3) is 0.333. The molecule has 2 heterocycles. The number of aryl methyl sites for hydroxylation is 1. The van der Waals surface area contributed by atoms with Crippen LogP contribution < -0.4 is 10.1 Å². The van der Waals surface area contributed by atoms with E-state index >= 15 is 0 Å². The zero-order valence-corrected chi connectivity index (χ0v) is 18.2. The van der Waals surface area contributed by atoms with Crippen LogP contribution in [0.4, 0.5) is 5.69 Å². The van der Waals surface area contributed by atoms with Gasteiger partial charge in [0.05, 0.1) is 9.82 Å². The molecule has 1 aliphatic rings. The summed E-state index contributed by atoms with van der Waals surface area (Å²) in [6.45, 7) is 0.249. The van der Waals surface area contributed by atoms with Crippen molar-refractivity contribution in [2.24, 2.45) is 7.05 Å². The van der Waals surface area contributed by atoms with Gasteiger partial charge in [0, 0.05) is 37.5 Å². The third-order valence-corrected chi connectivity index (χ3v) is 6.25. The van der Waals surface area contributed by atoms with Crippen molar-refractivity contribution in [1.82, 2.24) is 25.1 Å². The van der Waals surface area contributed by atoms with Crippen LogP contribution in [-0.2, 0) is 13.6 Å². The zero-order chi connectivity index (χ0) is 22.5. The summed E-state index contributed by atoms with van der Waals surface area (Å²) >= 11 is 1.11. The van der Waals surface area contributed by atoms with Crippen LogP contribution in [0.25, 0.3) is 0 Å². The number of ether oxygens (including phenoxy) is 1.